The number of piperidine rings is 1. The molecule has 3 atom stereocenters. The number of likely N-dealkylation sites (N-methyl/N-ethyl adjacent to an activating group) is 1. The maximum absolute atomic E-state index is 13.3. The van der Waals surface area contributed by atoms with E-state index in [2.05, 4.69) is 5.32 Å². The van der Waals surface area contributed by atoms with Crippen LogP contribution in [0.3, 0.4) is 0 Å². The molecular weight excluding hydrogens is 420 g/mol. The first-order valence-electron chi connectivity index (χ1n) is 9.97. The fourth-order valence-electron chi connectivity index (χ4n) is 3.75. The Hall–Kier alpha value is -3.60. The first-order valence-corrected chi connectivity index (χ1v) is 9.97. The average Bonchev–Trinajstić information content (AvgIpc) is 2.98. The minimum atomic E-state index is -2.41. The summed E-state index contributed by atoms with van der Waals surface area (Å²) >= 11 is 0. The molecule has 2 aliphatic rings. The number of rotatable bonds is 6. The topological polar surface area (TPSA) is 144 Å². The molecule has 2 unspecified atom stereocenters. The second-order valence-electron chi connectivity index (χ2n) is 8.15. The van der Waals surface area contributed by atoms with Crippen molar-refractivity contribution in [3.8, 4) is 0 Å². The van der Waals surface area contributed by atoms with Gasteiger partial charge in [-0.25, -0.2) is 9.69 Å². The second-order valence-corrected chi connectivity index (χ2v) is 8.15. The summed E-state index contributed by atoms with van der Waals surface area (Å²) in [6.45, 7) is 2.55. The van der Waals surface area contributed by atoms with Crippen LogP contribution in [0.5, 0.6) is 0 Å². The number of benzene rings is 1. The number of hydrogen-bond acceptors (Lipinski definition) is 7. The molecule has 0 radical (unpaired) electrons. The number of amides is 5. The van der Waals surface area contributed by atoms with E-state index in [0.29, 0.717) is 4.90 Å². The van der Waals surface area contributed by atoms with Crippen molar-refractivity contribution in [2.45, 2.75) is 44.4 Å². The third-order valence-corrected chi connectivity index (χ3v) is 5.91. The highest BCUT2D eigenvalue weighted by Gasteiger charge is 2.54. The molecule has 11 nitrogen and oxygen atoms in total. The molecule has 1 saturated heterocycles. The molecule has 3 rings (SSSR count). The van der Waals surface area contributed by atoms with Crippen molar-refractivity contribution in [3.63, 3.8) is 0 Å². The van der Waals surface area contributed by atoms with E-state index in [1.54, 1.807) is 26.2 Å². The first kappa shape index (κ1) is 23.1. The normalized spacial score (nSPS) is 21.5. The number of likely N-dealkylation sites (tertiary alicyclic amines) is 1. The minimum Gasteiger partial charge on any atom is -0.478 e. The van der Waals surface area contributed by atoms with Crippen molar-refractivity contribution in [2.75, 3.05) is 14.1 Å². The van der Waals surface area contributed by atoms with Gasteiger partial charge in [-0.1, -0.05) is 12.1 Å². The molecule has 0 saturated carbocycles. The van der Waals surface area contributed by atoms with E-state index in [4.69, 9.17) is 0 Å². The Balaban J connectivity index is 1.96. The molecule has 1 aromatic carbocycles. The van der Waals surface area contributed by atoms with E-state index in [9.17, 15) is 33.9 Å². The number of carbonyl (C=O) groups is 6. The third-order valence-electron chi connectivity index (χ3n) is 5.91. The fourth-order valence-corrected chi connectivity index (χ4v) is 3.75. The molecule has 11 heteroatoms. The fraction of sp³-hybridized carbons (Fsp3) is 0.429. The van der Waals surface area contributed by atoms with Crippen LogP contribution in [0.4, 0.5) is 0 Å². The molecule has 1 fully saturated rings. The van der Waals surface area contributed by atoms with Crippen LogP contribution in [0.15, 0.2) is 24.3 Å². The van der Waals surface area contributed by atoms with Gasteiger partial charge in [-0.3, -0.25) is 33.8 Å². The van der Waals surface area contributed by atoms with Crippen LogP contribution >= 0.6 is 0 Å². The van der Waals surface area contributed by atoms with E-state index >= 15 is 0 Å². The van der Waals surface area contributed by atoms with Crippen LogP contribution in [0.25, 0.3) is 0 Å². The lowest BCUT2D eigenvalue weighted by molar-refractivity contribution is -0.173. The van der Waals surface area contributed by atoms with Gasteiger partial charge in [-0.2, -0.15) is 0 Å². The number of nitrogens with one attached hydrogen (secondary N) is 1. The highest BCUT2D eigenvalue weighted by molar-refractivity contribution is 6.23. The van der Waals surface area contributed by atoms with Gasteiger partial charge in [0.15, 0.2) is 0 Å². The maximum Gasteiger partial charge on any atom is 0.350 e. The zero-order valence-corrected chi connectivity index (χ0v) is 18.1. The van der Waals surface area contributed by atoms with Crippen molar-refractivity contribution in [1.29, 1.82) is 0 Å². The highest BCUT2D eigenvalue weighted by atomic mass is 16.4. The van der Waals surface area contributed by atoms with Crippen LogP contribution in [0.1, 0.15) is 47.4 Å². The molecule has 2 N–H and O–H groups in total. The van der Waals surface area contributed by atoms with Gasteiger partial charge >= 0.3 is 5.97 Å². The Morgan fingerprint density at radius 3 is 2.12 bits per heavy atom. The molecule has 32 heavy (non-hydrogen) atoms. The van der Waals surface area contributed by atoms with Gasteiger partial charge in [0.05, 0.1) is 17.2 Å². The summed E-state index contributed by atoms with van der Waals surface area (Å²) in [5, 5.41) is 12.1. The lowest BCUT2D eigenvalue weighted by Gasteiger charge is -2.43. The Kier molecular flexibility index (Phi) is 5.88. The molecule has 2 heterocycles. The van der Waals surface area contributed by atoms with E-state index in [1.807, 2.05) is 0 Å². The summed E-state index contributed by atoms with van der Waals surface area (Å²) in [7, 11) is 3.22. The van der Waals surface area contributed by atoms with Gasteiger partial charge < -0.3 is 10.4 Å². The quantitative estimate of drug-likeness (QED) is 0.568. The van der Waals surface area contributed by atoms with Crippen molar-refractivity contribution in [1.82, 2.24) is 20.0 Å². The summed E-state index contributed by atoms with van der Waals surface area (Å²) in [6.07, 6.45) is -0.427. The Morgan fingerprint density at radius 1 is 1.12 bits per heavy atom. The second kappa shape index (κ2) is 8.15. The van der Waals surface area contributed by atoms with Crippen molar-refractivity contribution in [3.05, 3.63) is 35.4 Å². The number of imide groups is 2. The number of carboxylic acids is 1. The molecule has 2 aliphatic heterocycles. The molecule has 0 aliphatic carbocycles. The summed E-state index contributed by atoms with van der Waals surface area (Å²) in [4.78, 5) is 79.1. The molecule has 170 valence electrons. The van der Waals surface area contributed by atoms with Gasteiger partial charge in [0, 0.05) is 6.42 Å². The summed E-state index contributed by atoms with van der Waals surface area (Å²) in [5.74, 6) is -5.62. The van der Waals surface area contributed by atoms with E-state index in [1.165, 1.54) is 24.0 Å². The van der Waals surface area contributed by atoms with Gasteiger partial charge in [0.25, 0.3) is 17.7 Å². The lowest BCUT2D eigenvalue weighted by Crippen LogP contribution is -2.72. The number of carboxylic acid groups (broad SMARTS) is 1. The maximum atomic E-state index is 13.3. The van der Waals surface area contributed by atoms with Crippen LogP contribution < -0.4 is 5.32 Å². The van der Waals surface area contributed by atoms with E-state index in [0.717, 1.165) is 11.8 Å². The van der Waals surface area contributed by atoms with Crippen LogP contribution in [-0.4, -0.2) is 87.2 Å². The van der Waals surface area contributed by atoms with Crippen molar-refractivity contribution >= 4 is 35.5 Å². The Morgan fingerprint density at radius 2 is 1.66 bits per heavy atom. The first-order chi connectivity index (χ1) is 14.9. The minimum absolute atomic E-state index is 0.128. The van der Waals surface area contributed by atoms with Crippen LogP contribution in [0, 0.1) is 0 Å². The van der Waals surface area contributed by atoms with Gasteiger partial charge in [-0.05, 0) is 46.5 Å². The van der Waals surface area contributed by atoms with Crippen molar-refractivity contribution in [2.24, 2.45) is 0 Å². The average molecular weight is 444 g/mol. The number of nitrogens with zero attached hydrogens (tertiary/aromatic N) is 3. The predicted octanol–water partition coefficient (Wildman–Crippen LogP) is -0.333. The van der Waals surface area contributed by atoms with E-state index < -0.39 is 53.3 Å². The van der Waals surface area contributed by atoms with Crippen LogP contribution in [0.2, 0.25) is 0 Å². The largest absolute Gasteiger partial charge is 0.478 e. The number of fused-ring (bicyclic) bond motifs is 1. The number of hydrogen-bond donors (Lipinski definition) is 2. The lowest BCUT2D eigenvalue weighted by atomic mass is 9.97. The molecule has 0 spiro atoms. The predicted molar refractivity (Wildman–Crippen MR) is 109 cm³/mol. The monoisotopic (exact) mass is 444 g/mol. The Bertz CT molecular complexity index is 1000. The highest BCUT2D eigenvalue weighted by Crippen LogP contribution is 2.31. The third kappa shape index (κ3) is 3.54. The smallest absolute Gasteiger partial charge is 0.350 e. The zero-order chi connectivity index (χ0) is 24.0. The SMILES string of the molecule is CC(C(=O)N[C@](C)(C(=O)O)N1C(=O)CCC(N2C(=O)c3ccccc3C2=O)C1=O)N(C)C. The number of carbonyl (C=O) groups excluding carboxylic acids is 5. The molecular formula is C21H24N4O7. The number of aliphatic carboxylic acids is 1. The molecule has 0 bridgehead atoms. The zero-order valence-electron chi connectivity index (χ0n) is 18.1. The van der Waals surface area contributed by atoms with Gasteiger partial charge in [-0.15, -0.1) is 0 Å². The van der Waals surface area contributed by atoms with Crippen molar-refractivity contribution < 1.29 is 33.9 Å². The summed E-state index contributed by atoms with van der Waals surface area (Å²) in [5.41, 5.74) is -2.15. The molecule has 1 aromatic rings. The molecule has 5 amide bonds. The van der Waals surface area contributed by atoms with Gasteiger partial charge in [0.2, 0.25) is 17.5 Å². The van der Waals surface area contributed by atoms with Crippen LogP contribution in [-0.2, 0) is 19.2 Å². The summed E-state index contributed by atoms with van der Waals surface area (Å²) in [6, 6.07) is 3.94. The standard InChI is InChI=1S/C21H24N4O7/c1-11(23(3)4)16(27)22-21(2,20(31)32)25-15(26)10-9-14(19(25)30)24-17(28)12-7-5-6-8-13(12)18(24)29/h5-8,11,14H,9-10H2,1-4H3,(H,22,27)(H,31,32)/t11?,14?,21-/m0/s1. The van der Waals surface area contributed by atoms with E-state index in [-0.39, 0.29) is 24.0 Å². The molecule has 0 aromatic heterocycles. The van der Waals surface area contributed by atoms with Gasteiger partial charge in [0.1, 0.15) is 6.04 Å². The Labute approximate surface area is 183 Å². The summed E-state index contributed by atoms with van der Waals surface area (Å²) < 4.78 is 0.